The predicted octanol–water partition coefficient (Wildman–Crippen LogP) is 5.33. The highest BCUT2D eigenvalue weighted by molar-refractivity contribution is 7.92. The number of nitrogens with zero attached hydrogens (tertiary/aromatic N) is 4. The average molecular weight is 578 g/mol. The summed E-state index contributed by atoms with van der Waals surface area (Å²) in [5.41, 5.74) is 2.33. The van der Waals surface area contributed by atoms with E-state index >= 15 is 0 Å². The fourth-order valence-corrected chi connectivity index (χ4v) is 5.30. The number of ether oxygens (including phenoxy) is 1. The molecule has 1 N–H and O–H groups in total. The van der Waals surface area contributed by atoms with Crippen molar-refractivity contribution >= 4 is 27.3 Å². The number of hydrogen-bond acceptors (Lipinski definition) is 7. The molecular formula is C28H34F3N5O3S. The largest absolute Gasteiger partial charge is 0.495 e. The number of alkyl halides is 3. The van der Waals surface area contributed by atoms with Gasteiger partial charge in [0.15, 0.2) is 0 Å². The van der Waals surface area contributed by atoms with Gasteiger partial charge in [-0.2, -0.15) is 13.2 Å². The van der Waals surface area contributed by atoms with Crippen molar-refractivity contribution in [1.29, 1.82) is 0 Å². The molecule has 0 saturated carbocycles. The third kappa shape index (κ3) is 7.22. The summed E-state index contributed by atoms with van der Waals surface area (Å²) in [7, 11) is -0.609. The highest BCUT2D eigenvalue weighted by atomic mass is 32.2. The van der Waals surface area contributed by atoms with Gasteiger partial charge in [0, 0.05) is 19.8 Å². The van der Waals surface area contributed by atoms with Crippen LogP contribution in [0.4, 0.5) is 30.5 Å². The van der Waals surface area contributed by atoms with Crippen molar-refractivity contribution < 1.29 is 26.3 Å². The summed E-state index contributed by atoms with van der Waals surface area (Å²) in [6.07, 6.45) is -0.362. The van der Waals surface area contributed by atoms with Crippen molar-refractivity contribution in [2.45, 2.75) is 45.3 Å². The second-order valence-corrected chi connectivity index (χ2v) is 12.1. The number of nitrogens with one attached hydrogen (secondary N) is 1. The molecular weight excluding hydrogens is 543 g/mol. The van der Waals surface area contributed by atoms with E-state index in [1.165, 1.54) is 27.0 Å². The Morgan fingerprint density at radius 2 is 1.82 bits per heavy atom. The first-order chi connectivity index (χ1) is 18.8. The van der Waals surface area contributed by atoms with Gasteiger partial charge < -0.3 is 10.1 Å². The van der Waals surface area contributed by atoms with Crippen molar-refractivity contribution in [1.82, 2.24) is 14.9 Å². The zero-order chi connectivity index (χ0) is 29.1. The van der Waals surface area contributed by atoms with Gasteiger partial charge in [0.1, 0.15) is 5.75 Å². The predicted molar refractivity (Wildman–Crippen MR) is 150 cm³/mol. The second kappa shape index (κ2) is 12.0. The Labute approximate surface area is 233 Å². The fourth-order valence-electron chi connectivity index (χ4n) is 4.77. The van der Waals surface area contributed by atoms with Gasteiger partial charge in [-0.15, -0.1) is 0 Å². The summed E-state index contributed by atoms with van der Waals surface area (Å²) >= 11 is 0. The Kier molecular flexibility index (Phi) is 8.89. The molecule has 1 saturated heterocycles. The minimum atomic E-state index is -4.65. The molecule has 3 aromatic rings. The third-order valence-electron chi connectivity index (χ3n) is 7.00. The van der Waals surface area contributed by atoms with Crippen LogP contribution in [-0.4, -0.2) is 56.8 Å². The number of halogens is 3. The number of hydrogen-bond donors (Lipinski definition) is 1. The number of likely N-dealkylation sites (tertiary alicyclic amines) is 1. The van der Waals surface area contributed by atoms with Crippen molar-refractivity contribution in [2.24, 2.45) is 0 Å². The number of benzene rings is 2. The number of aromatic nitrogens is 2. The molecule has 1 aliphatic rings. The van der Waals surface area contributed by atoms with Crippen molar-refractivity contribution in [2.75, 3.05) is 43.1 Å². The summed E-state index contributed by atoms with van der Waals surface area (Å²) in [5, 5.41) is 3.00. The van der Waals surface area contributed by atoms with Gasteiger partial charge in [0.25, 0.3) is 0 Å². The quantitative estimate of drug-likeness (QED) is 0.348. The van der Waals surface area contributed by atoms with E-state index in [-0.39, 0.29) is 24.5 Å². The normalized spacial score (nSPS) is 14.4. The molecule has 0 radical (unpaired) electrons. The molecule has 216 valence electrons. The number of anilines is 3. The minimum absolute atomic E-state index is 0.00553. The van der Waals surface area contributed by atoms with Crippen molar-refractivity contribution in [3.8, 4) is 5.75 Å². The highest BCUT2D eigenvalue weighted by Crippen LogP contribution is 2.34. The first kappa shape index (κ1) is 29.6. The van der Waals surface area contributed by atoms with Gasteiger partial charge >= 0.3 is 6.18 Å². The van der Waals surface area contributed by atoms with Crippen LogP contribution in [-0.2, 0) is 35.6 Å². The molecule has 0 spiro atoms. The maximum atomic E-state index is 13.9. The zero-order valence-corrected chi connectivity index (χ0v) is 23.9. The zero-order valence-electron chi connectivity index (χ0n) is 23.0. The molecule has 0 amide bonds. The van der Waals surface area contributed by atoms with E-state index in [9.17, 15) is 21.6 Å². The molecule has 1 fully saturated rings. The second-order valence-electron chi connectivity index (χ2n) is 10.1. The van der Waals surface area contributed by atoms with Crippen LogP contribution in [0.2, 0.25) is 0 Å². The first-order valence-electron chi connectivity index (χ1n) is 13.0. The molecule has 4 rings (SSSR count). The third-order valence-corrected chi connectivity index (χ3v) is 8.19. The van der Waals surface area contributed by atoms with E-state index in [0.717, 1.165) is 47.5 Å². The van der Waals surface area contributed by atoms with Gasteiger partial charge in [-0.1, -0.05) is 18.2 Å². The number of aryl methyl sites for hydroxylation is 3. The molecule has 12 heteroatoms. The van der Waals surface area contributed by atoms with Crippen LogP contribution < -0.4 is 14.4 Å². The van der Waals surface area contributed by atoms with E-state index < -0.39 is 21.8 Å². The molecule has 1 aromatic heterocycles. The van der Waals surface area contributed by atoms with Gasteiger partial charge in [-0.25, -0.2) is 18.4 Å². The summed E-state index contributed by atoms with van der Waals surface area (Å²) in [4.78, 5) is 10.5. The lowest BCUT2D eigenvalue weighted by atomic mass is 10.0. The maximum Gasteiger partial charge on any atom is 0.419 e. The van der Waals surface area contributed by atoms with Crippen LogP contribution in [0, 0.1) is 6.92 Å². The smallest absolute Gasteiger partial charge is 0.419 e. The SMILES string of the molecule is COc1cc(CN2CCCC2)ccc1Nc1ncc(C(F)(F)F)c(CCc2ccc(C)cc2N(C)S(C)(=O)=O)n1. The maximum absolute atomic E-state index is 13.9. The molecule has 0 atom stereocenters. The van der Waals surface area contributed by atoms with Crippen LogP contribution in [0.5, 0.6) is 5.75 Å². The topological polar surface area (TPSA) is 87.7 Å². The Hall–Kier alpha value is -3.38. The van der Waals surface area contributed by atoms with Crippen LogP contribution in [0.1, 0.15) is 40.8 Å². The van der Waals surface area contributed by atoms with E-state index in [0.29, 0.717) is 22.7 Å². The van der Waals surface area contributed by atoms with Crippen LogP contribution in [0.3, 0.4) is 0 Å². The lowest BCUT2D eigenvalue weighted by molar-refractivity contribution is -0.138. The standard InChI is InChI=1S/C28H34F3N5O3S/c1-19-7-9-21(25(15-19)35(2)40(4,37)38)10-12-23-22(28(29,30)31)17-32-27(33-23)34-24-11-8-20(16-26(24)39-3)18-36-13-5-6-14-36/h7-9,11,15-17H,5-6,10,12-14,18H2,1-4H3,(H,32,33,34). The van der Waals surface area contributed by atoms with E-state index in [1.807, 2.05) is 25.1 Å². The summed E-state index contributed by atoms with van der Waals surface area (Å²) in [5.74, 6) is 0.542. The lowest BCUT2D eigenvalue weighted by Gasteiger charge is -2.21. The lowest BCUT2D eigenvalue weighted by Crippen LogP contribution is -2.26. The summed E-state index contributed by atoms with van der Waals surface area (Å²) in [6.45, 7) is 4.73. The first-order valence-corrected chi connectivity index (χ1v) is 14.8. The van der Waals surface area contributed by atoms with E-state index in [4.69, 9.17) is 4.74 Å². The molecule has 2 heterocycles. The summed E-state index contributed by atoms with van der Waals surface area (Å²) in [6, 6.07) is 10.9. The monoisotopic (exact) mass is 577 g/mol. The molecule has 2 aromatic carbocycles. The van der Waals surface area contributed by atoms with Crippen molar-refractivity contribution in [3.63, 3.8) is 0 Å². The Bertz CT molecular complexity index is 1460. The number of sulfonamides is 1. The molecule has 0 bridgehead atoms. The highest BCUT2D eigenvalue weighted by Gasteiger charge is 2.35. The van der Waals surface area contributed by atoms with Crippen LogP contribution in [0.25, 0.3) is 0 Å². The van der Waals surface area contributed by atoms with Gasteiger partial charge in [0.05, 0.1) is 36.0 Å². The van der Waals surface area contributed by atoms with Gasteiger partial charge in [-0.05, 0) is 80.6 Å². The fraction of sp³-hybridized carbons (Fsp3) is 0.429. The van der Waals surface area contributed by atoms with Crippen molar-refractivity contribution in [3.05, 3.63) is 70.5 Å². The minimum Gasteiger partial charge on any atom is -0.495 e. The molecule has 8 nitrogen and oxygen atoms in total. The molecule has 40 heavy (non-hydrogen) atoms. The van der Waals surface area contributed by atoms with Crippen LogP contribution in [0.15, 0.2) is 42.6 Å². The van der Waals surface area contributed by atoms with Crippen LogP contribution >= 0.6 is 0 Å². The summed E-state index contributed by atoms with van der Waals surface area (Å²) < 4.78 is 72.6. The number of rotatable bonds is 10. The Morgan fingerprint density at radius 3 is 2.48 bits per heavy atom. The Balaban J connectivity index is 1.60. The van der Waals surface area contributed by atoms with E-state index in [2.05, 4.69) is 20.2 Å². The number of methoxy groups -OCH3 is 1. The Morgan fingerprint density at radius 1 is 1.10 bits per heavy atom. The molecule has 0 aliphatic carbocycles. The average Bonchev–Trinajstić information content (AvgIpc) is 3.40. The molecule has 1 aliphatic heterocycles. The van der Waals surface area contributed by atoms with Gasteiger partial charge in [-0.3, -0.25) is 9.21 Å². The van der Waals surface area contributed by atoms with Gasteiger partial charge in [0.2, 0.25) is 16.0 Å². The molecule has 0 unspecified atom stereocenters. The van der Waals surface area contributed by atoms with E-state index in [1.54, 1.807) is 18.2 Å².